The van der Waals surface area contributed by atoms with Crippen molar-refractivity contribution in [3.8, 4) is 16.9 Å². The average Bonchev–Trinajstić information content (AvgIpc) is 3.68. The lowest BCUT2D eigenvalue weighted by Gasteiger charge is -2.41. The summed E-state index contributed by atoms with van der Waals surface area (Å²) in [5, 5.41) is 1.28. The van der Waals surface area contributed by atoms with E-state index in [1.807, 2.05) is 36.6 Å². The van der Waals surface area contributed by atoms with Gasteiger partial charge in [-0.3, -0.25) is 9.36 Å². The van der Waals surface area contributed by atoms with Gasteiger partial charge in [-0.05, 0) is 63.6 Å². The molecule has 7 rings (SSSR count). The molecule has 1 amide bonds. The van der Waals surface area contributed by atoms with E-state index in [2.05, 4.69) is 26.3 Å². The van der Waals surface area contributed by atoms with Gasteiger partial charge in [-0.1, -0.05) is 24.2 Å². The monoisotopic (exact) mass is 587 g/mol. The number of anilines is 1. The van der Waals surface area contributed by atoms with E-state index in [1.165, 1.54) is 6.08 Å². The fourth-order valence-corrected chi connectivity index (χ4v) is 7.22. The van der Waals surface area contributed by atoms with Gasteiger partial charge in [-0.15, -0.1) is 0 Å². The quantitative estimate of drug-likeness (QED) is 0.350. The predicted octanol–water partition coefficient (Wildman–Crippen LogP) is 4.15. The third-order valence-corrected chi connectivity index (χ3v) is 9.28. The molecule has 218 valence electrons. The molecule has 2 fully saturated rings. The highest BCUT2D eigenvalue weighted by atomic mass is 35.5. The molecule has 0 radical (unpaired) electrons. The fraction of sp³-hybridized carbons (Fsp3) is 0.419. The van der Waals surface area contributed by atoms with Crippen LogP contribution in [-0.4, -0.2) is 87.1 Å². The summed E-state index contributed by atoms with van der Waals surface area (Å²) in [6, 6.07) is 5.72. The fourth-order valence-electron chi connectivity index (χ4n) is 6.94. The number of fused-ring (bicyclic) bond motifs is 1. The van der Waals surface area contributed by atoms with Gasteiger partial charge < -0.3 is 24.4 Å². The highest BCUT2D eigenvalue weighted by molar-refractivity contribution is 6.35. The first-order chi connectivity index (χ1) is 20.4. The van der Waals surface area contributed by atoms with Crippen molar-refractivity contribution in [1.29, 1.82) is 0 Å². The number of hydrogen-bond donors (Lipinski definition) is 1. The number of carbonyl (C=O) groups is 1. The Morgan fingerprint density at radius 3 is 2.79 bits per heavy atom. The number of nitrogens with zero attached hydrogens (tertiary/aromatic N) is 6. The Morgan fingerprint density at radius 1 is 1.21 bits per heavy atom. The standard InChI is InChI=1S/C31H34ClN7O3/c1-4-24(40)37-11-12-38(19(3)14-37)30-21-13-22(32)26(25-18(2)7-8-23-27(25)34-17-33-23)29-28(21)39(31(41)35-30)20(16-42-29)15-36-9-5-6-10-36/h4,7-8,13,17,19-20H,1,5-6,9-12,14-16H2,2-3H3,(H,33,34)/t19-,20?/m0/s1. The van der Waals surface area contributed by atoms with Gasteiger partial charge >= 0.3 is 5.69 Å². The zero-order valence-corrected chi connectivity index (χ0v) is 24.7. The summed E-state index contributed by atoms with van der Waals surface area (Å²) >= 11 is 7.16. The molecule has 2 atom stereocenters. The predicted molar refractivity (Wildman–Crippen MR) is 165 cm³/mol. The summed E-state index contributed by atoms with van der Waals surface area (Å²) in [5.41, 5.74) is 4.74. The second-order valence-electron chi connectivity index (χ2n) is 11.6. The minimum atomic E-state index is -0.300. The number of likely N-dealkylation sites (tertiary alicyclic amines) is 1. The van der Waals surface area contributed by atoms with E-state index in [9.17, 15) is 9.59 Å². The smallest absolute Gasteiger partial charge is 0.350 e. The van der Waals surface area contributed by atoms with Crippen molar-refractivity contribution in [2.45, 2.75) is 38.8 Å². The SMILES string of the molecule is C=CC(=O)N1CCN(c2nc(=O)n3c4c(c(-c5c(C)ccc6[nH]cnc56)c(Cl)cc24)OCC3CN2CCCC2)[C@@H](C)C1. The van der Waals surface area contributed by atoms with Crippen molar-refractivity contribution in [1.82, 2.24) is 29.3 Å². The van der Waals surface area contributed by atoms with E-state index >= 15 is 0 Å². The van der Waals surface area contributed by atoms with Gasteiger partial charge in [0.1, 0.15) is 12.4 Å². The van der Waals surface area contributed by atoms with E-state index < -0.39 is 0 Å². The topological polar surface area (TPSA) is 99.6 Å². The lowest BCUT2D eigenvalue weighted by Crippen LogP contribution is -2.54. The maximum Gasteiger partial charge on any atom is 0.350 e. The van der Waals surface area contributed by atoms with Crippen molar-refractivity contribution < 1.29 is 9.53 Å². The van der Waals surface area contributed by atoms with Crippen LogP contribution in [0, 0.1) is 6.92 Å². The van der Waals surface area contributed by atoms with Gasteiger partial charge in [0.15, 0.2) is 5.75 Å². The molecule has 4 aromatic rings. The van der Waals surface area contributed by atoms with Crippen molar-refractivity contribution in [3.63, 3.8) is 0 Å². The summed E-state index contributed by atoms with van der Waals surface area (Å²) in [4.78, 5) is 45.1. The van der Waals surface area contributed by atoms with Gasteiger partial charge in [0.05, 0.1) is 33.9 Å². The number of imidazole rings is 1. The van der Waals surface area contributed by atoms with Crippen molar-refractivity contribution >= 4 is 45.3 Å². The van der Waals surface area contributed by atoms with Crippen molar-refractivity contribution in [2.24, 2.45) is 0 Å². The molecule has 11 heteroatoms. The van der Waals surface area contributed by atoms with E-state index in [1.54, 1.807) is 11.2 Å². The highest BCUT2D eigenvalue weighted by Crippen LogP contribution is 2.48. The number of aryl methyl sites for hydroxylation is 1. The summed E-state index contributed by atoms with van der Waals surface area (Å²) in [6.45, 7) is 12.4. The van der Waals surface area contributed by atoms with Gasteiger partial charge in [0.2, 0.25) is 5.91 Å². The Hall–Kier alpha value is -3.89. The van der Waals surface area contributed by atoms with Crippen LogP contribution in [0.3, 0.4) is 0 Å². The Bertz CT molecular complexity index is 1790. The first kappa shape index (κ1) is 27.0. The number of benzene rings is 2. The molecule has 2 aromatic heterocycles. The molecule has 3 aliphatic heterocycles. The average molecular weight is 588 g/mol. The Balaban J connectivity index is 1.45. The second kappa shape index (κ2) is 10.4. The van der Waals surface area contributed by atoms with Crippen LogP contribution in [0.15, 0.2) is 42.0 Å². The molecule has 2 saturated heterocycles. The van der Waals surface area contributed by atoms with Crippen molar-refractivity contribution in [2.75, 3.05) is 50.8 Å². The van der Waals surface area contributed by atoms with Gasteiger partial charge in [0.25, 0.3) is 0 Å². The molecule has 0 spiro atoms. The Labute approximate surface area is 248 Å². The molecule has 0 saturated carbocycles. The molecule has 1 unspecified atom stereocenters. The minimum Gasteiger partial charge on any atom is -0.488 e. The van der Waals surface area contributed by atoms with Crippen LogP contribution >= 0.6 is 11.6 Å². The van der Waals surface area contributed by atoms with E-state index in [4.69, 9.17) is 21.3 Å². The van der Waals surface area contributed by atoms with Crippen LogP contribution in [-0.2, 0) is 4.79 Å². The highest BCUT2D eigenvalue weighted by Gasteiger charge is 2.35. The van der Waals surface area contributed by atoms with Gasteiger partial charge in [-0.2, -0.15) is 4.98 Å². The number of amides is 1. The minimum absolute atomic E-state index is 0.0696. The number of rotatable bonds is 5. The maximum atomic E-state index is 14.0. The van der Waals surface area contributed by atoms with E-state index in [0.717, 1.165) is 65.6 Å². The zero-order valence-electron chi connectivity index (χ0n) is 23.9. The lowest BCUT2D eigenvalue weighted by atomic mass is 9.95. The number of aromatic amines is 1. The third-order valence-electron chi connectivity index (χ3n) is 8.99. The number of nitrogens with one attached hydrogen (secondary N) is 1. The third kappa shape index (κ3) is 4.27. The molecule has 1 N–H and O–H groups in total. The Morgan fingerprint density at radius 2 is 2.02 bits per heavy atom. The van der Waals surface area contributed by atoms with Crippen LogP contribution in [0.4, 0.5) is 5.82 Å². The van der Waals surface area contributed by atoms with Crippen LogP contribution in [0.25, 0.3) is 33.1 Å². The zero-order chi connectivity index (χ0) is 29.1. The normalized spacial score (nSPS) is 20.8. The van der Waals surface area contributed by atoms with Crippen LogP contribution in [0.1, 0.15) is 31.4 Å². The molecule has 42 heavy (non-hydrogen) atoms. The molecule has 2 aromatic carbocycles. The molecule has 5 heterocycles. The maximum absolute atomic E-state index is 14.0. The molecule has 0 aliphatic carbocycles. The number of H-pyrrole nitrogens is 1. The van der Waals surface area contributed by atoms with Crippen LogP contribution in [0.5, 0.6) is 5.75 Å². The first-order valence-corrected chi connectivity index (χ1v) is 15.0. The molecule has 3 aliphatic rings. The molecular weight excluding hydrogens is 554 g/mol. The second-order valence-corrected chi connectivity index (χ2v) is 12.0. The lowest BCUT2D eigenvalue weighted by molar-refractivity contribution is -0.126. The number of carbonyl (C=O) groups excluding carboxylic acids is 1. The van der Waals surface area contributed by atoms with Crippen LogP contribution in [0.2, 0.25) is 5.02 Å². The number of piperazine rings is 1. The largest absolute Gasteiger partial charge is 0.488 e. The number of halogens is 1. The summed E-state index contributed by atoms with van der Waals surface area (Å²) < 4.78 is 8.46. The van der Waals surface area contributed by atoms with Gasteiger partial charge in [-0.25, -0.2) is 9.78 Å². The summed E-state index contributed by atoms with van der Waals surface area (Å²) in [5.74, 6) is 1.06. The summed E-state index contributed by atoms with van der Waals surface area (Å²) in [7, 11) is 0. The first-order valence-electron chi connectivity index (χ1n) is 14.6. The van der Waals surface area contributed by atoms with E-state index in [-0.39, 0.29) is 23.7 Å². The molecule has 0 bridgehead atoms. The van der Waals surface area contributed by atoms with Crippen LogP contribution < -0.4 is 15.3 Å². The number of hydrogen-bond acceptors (Lipinski definition) is 7. The van der Waals surface area contributed by atoms with Gasteiger partial charge in [0, 0.05) is 48.7 Å². The Kier molecular flexibility index (Phi) is 6.70. The number of aromatic nitrogens is 4. The van der Waals surface area contributed by atoms with E-state index in [0.29, 0.717) is 48.3 Å². The molecular formula is C31H34ClN7O3. The van der Waals surface area contributed by atoms with Crippen molar-refractivity contribution in [3.05, 3.63) is 58.3 Å². The number of ether oxygens (including phenoxy) is 1. The summed E-state index contributed by atoms with van der Waals surface area (Å²) in [6.07, 6.45) is 5.35. The molecule has 10 nitrogen and oxygen atoms in total.